The van der Waals surface area contributed by atoms with Gasteiger partial charge in [-0.3, -0.25) is 14.8 Å². The van der Waals surface area contributed by atoms with E-state index < -0.39 is 36.1 Å². The van der Waals surface area contributed by atoms with Gasteiger partial charge in [-0.25, -0.2) is 9.59 Å². The van der Waals surface area contributed by atoms with Crippen LogP contribution in [0, 0.1) is 6.92 Å². The highest BCUT2D eigenvalue weighted by Gasteiger charge is 2.38. The Morgan fingerprint density at radius 3 is 1.64 bits per heavy atom. The molecule has 11 nitrogen and oxygen atoms in total. The molecule has 0 atom stereocenters. The predicted molar refractivity (Wildman–Crippen MR) is 185 cm³/mol. The number of nitrogens with zero attached hydrogens (tertiary/aromatic N) is 4. The van der Waals surface area contributed by atoms with Gasteiger partial charge in [0.1, 0.15) is 0 Å². The molecule has 0 saturated heterocycles. The molecule has 0 spiro atoms. The van der Waals surface area contributed by atoms with Gasteiger partial charge in [0.2, 0.25) is 0 Å². The summed E-state index contributed by atoms with van der Waals surface area (Å²) in [5.41, 5.74) is 7.48. The smallest absolute Gasteiger partial charge is 0.344 e. The minimum Gasteiger partial charge on any atom is -0.344 e. The number of aromatic nitrogens is 6. The van der Waals surface area contributed by atoms with Gasteiger partial charge in [-0.05, 0) is 78.7 Å². The number of H-pyrrole nitrogens is 2. The number of carbonyl (C=O) groups is 1. The summed E-state index contributed by atoms with van der Waals surface area (Å²) in [5, 5.41) is 10.6. The van der Waals surface area contributed by atoms with Crippen molar-refractivity contribution in [2.75, 3.05) is 0 Å². The van der Waals surface area contributed by atoms with E-state index in [-0.39, 0.29) is 33.4 Å². The molecule has 0 unspecified atom stereocenters. The van der Waals surface area contributed by atoms with Gasteiger partial charge in [0.05, 0.1) is 27.0 Å². The molecule has 0 fully saturated rings. The molecule has 0 radical (unpaired) electrons. The number of benzene rings is 4. The van der Waals surface area contributed by atoms with Crippen LogP contribution in [0.4, 0.5) is 26.3 Å². The summed E-state index contributed by atoms with van der Waals surface area (Å²) in [6, 6.07) is 20.7. The fourth-order valence-corrected chi connectivity index (χ4v) is 5.16. The average Bonchev–Trinajstić information content (AvgIpc) is 3.70. The number of rotatable bonds is 7. The molecule has 6 rings (SSSR count). The van der Waals surface area contributed by atoms with Crippen molar-refractivity contribution in [1.29, 1.82) is 0 Å². The minimum absolute atomic E-state index is 0.0465. The lowest BCUT2D eigenvalue weighted by atomic mass is 10.1. The van der Waals surface area contributed by atoms with E-state index in [1.807, 2.05) is 43.3 Å². The molecule has 0 saturated carbocycles. The van der Waals surface area contributed by atoms with E-state index in [1.165, 1.54) is 22.9 Å². The van der Waals surface area contributed by atoms with Crippen molar-refractivity contribution in [1.82, 2.24) is 34.8 Å². The number of nitrogens with one attached hydrogen (secondary N) is 3. The Morgan fingerprint density at radius 2 is 1.19 bits per heavy atom. The standard InChI is InChI=1S/C18H11ClF6N4O2.C16H15ClN4O/c19-13-6-1-9(8-26-15(30)18(23,24)25)7-12(13)14-27-16(31)29(28-14)11-4-2-10(3-5-11)17(20,21)22;1-10-2-5-12(6-3-10)21-16(22)19-15(20-21)13-8-11(9-18)4-7-14(13)17/h1-7H,8H2,(H,26,30)(H,27,28,31);2-8H,9,18H2,1H3,(H,19,20,22). The molecule has 276 valence electrons. The molecular formula is C34H26Cl2F6N8O3. The molecule has 4 aromatic carbocycles. The maximum absolute atomic E-state index is 12.7. The molecule has 2 aromatic heterocycles. The quantitative estimate of drug-likeness (QED) is 0.132. The molecule has 0 aliphatic rings. The third kappa shape index (κ3) is 9.24. The molecule has 53 heavy (non-hydrogen) atoms. The number of alkyl halides is 6. The Kier molecular flexibility index (Phi) is 11.3. The number of hydrogen-bond acceptors (Lipinski definition) is 6. The van der Waals surface area contributed by atoms with Crippen molar-refractivity contribution in [3.8, 4) is 34.2 Å². The molecule has 0 bridgehead atoms. The second kappa shape index (κ2) is 15.5. The van der Waals surface area contributed by atoms with Crippen LogP contribution in [0.15, 0.2) is 94.5 Å². The maximum Gasteiger partial charge on any atom is 0.471 e. The zero-order chi connectivity index (χ0) is 38.7. The first-order valence-corrected chi connectivity index (χ1v) is 16.0. The van der Waals surface area contributed by atoms with Crippen LogP contribution in [0.2, 0.25) is 10.0 Å². The van der Waals surface area contributed by atoms with E-state index in [1.54, 1.807) is 11.4 Å². The lowest BCUT2D eigenvalue weighted by Gasteiger charge is -2.09. The molecule has 19 heteroatoms. The summed E-state index contributed by atoms with van der Waals surface area (Å²) >= 11 is 12.3. The number of amides is 1. The van der Waals surface area contributed by atoms with Crippen molar-refractivity contribution in [3.63, 3.8) is 0 Å². The van der Waals surface area contributed by atoms with Crippen LogP contribution in [0.5, 0.6) is 0 Å². The monoisotopic (exact) mass is 778 g/mol. The Bertz CT molecular complexity index is 2360. The first kappa shape index (κ1) is 38.6. The highest BCUT2D eigenvalue weighted by molar-refractivity contribution is 6.33. The van der Waals surface area contributed by atoms with Crippen LogP contribution in [0.25, 0.3) is 34.2 Å². The van der Waals surface area contributed by atoms with Crippen LogP contribution in [0.1, 0.15) is 22.3 Å². The van der Waals surface area contributed by atoms with Gasteiger partial charge < -0.3 is 11.1 Å². The van der Waals surface area contributed by atoms with Crippen LogP contribution >= 0.6 is 23.2 Å². The topological polar surface area (TPSA) is 156 Å². The Morgan fingerprint density at radius 1 is 0.736 bits per heavy atom. The zero-order valence-electron chi connectivity index (χ0n) is 27.1. The van der Waals surface area contributed by atoms with Crippen LogP contribution in [-0.4, -0.2) is 41.6 Å². The first-order chi connectivity index (χ1) is 24.9. The molecule has 1 amide bonds. The molecule has 6 aromatic rings. The lowest BCUT2D eigenvalue weighted by Crippen LogP contribution is -2.36. The van der Waals surface area contributed by atoms with Crippen molar-refractivity contribution >= 4 is 29.1 Å². The summed E-state index contributed by atoms with van der Waals surface area (Å²) in [4.78, 5) is 40.4. The summed E-state index contributed by atoms with van der Waals surface area (Å²) in [7, 11) is 0. The maximum atomic E-state index is 12.7. The fourth-order valence-electron chi connectivity index (χ4n) is 4.75. The zero-order valence-corrected chi connectivity index (χ0v) is 28.6. The van der Waals surface area contributed by atoms with Crippen molar-refractivity contribution < 1.29 is 31.1 Å². The van der Waals surface area contributed by atoms with E-state index in [9.17, 15) is 40.7 Å². The van der Waals surface area contributed by atoms with Gasteiger partial charge in [0.25, 0.3) is 0 Å². The second-order valence-corrected chi connectivity index (χ2v) is 12.1. The number of aromatic amines is 2. The summed E-state index contributed by atoms with van der Waals surface area (Å²) in [6.45, 7) is 1.92. The SMILES string of the molecule is Cc1ccc(-n2nc(-c3cc(CN)ccc3Cl)[nH]c2=O)cc1.O=C(NCc1ccc(Cl)c(-c2nn(-c3ccc(C(F)(F)F)cc3)c(=O)[nH]2)c1)C(F)(F)F. The highest BCUT2D eigenvalue weighted by Crippen LogP contribution is 2.30. The predicted octanol–water partition coefficient (Wildman–Crippen LogP) is 6.73. The van der Waals surface area contributed by atoms with Crippen LogP contribution < -0.4 is 22.4 Å². The summed E-state index contributed by atoms with van der Waals surface area (Å²) in [6.07, 6.45) is -9.59. The van der Waals surface area contributed by atoms with E-state index in [2.05, 4.69) is 20.2 Å². The van der Waals surface area contributed by atoms with Gasteiger partial charge >= 0.3 is 29.6 Å². The van der Waals surface area contributed by atoms with Gasteiger partial charge in [-0.2, -0.15) is 35.7 Å². The highest BCUT2D eigenvalue weighted by atomic mass is 35.5. The van der Waals surface area contributed by atoms with E-state index in [4.69, 9.17) is 28.9 Å². The largest absolute Gasteiger partial charge is 0.471 e. The fraction of sp³-hybridized carbons (Fsp3) is 0.147. The Balaban J connectivity index is 0.000000216. The van der Waals surface area contributed by atoms with Gasteiger partial charge in [0, 0.05) is 24.2 Å². The molecule has 0 aliphatic carbocycles. The van der Waals surface area contributed by atoms with E-state index >= 15 is 0 Å². The summed E-state index contributed by atoms with van der Waals surface area (Å²) in [5.74, 6) is -1.77. The van der Waals surface area contributed by atoms with Crippen molar-refractivity contribution in [2.45, 2.75) is 32.4 Å². The third-order valence-corrected chi connectivity index (χ3v) is 8.13. The second-order valence-electron chi connectivity index (χ2n) is 11.3. The van der Waals surface area contributed by atoms with Gasteiger partial charge in [0.15, 0.2) is 11.6 Å². The van der Waals surface area contributed by atoms with Gasteiger partial charge in [-0.1, -0.05) is 53.0 Å². The lowest BCUT2D eigenvalue weighted by molar-refractivity contribution is -0.173. The number of carbonyl (C=O) groups excluding carboxylic acids is 1. The molecule has 2 heterocycles. The average molecular weight is 780 g/mol. The molecular weight excluding hydrogens is 753 g/mol. The minimum atomic E-state index is -5.04. The third-order valence-electron chi connectivity index (χ3n) is 7.47. The van der Waals surface area contributed by atoms with Gasteiger partial charge in [-0.15, -0.1) is 10.2 Å². The molecule has 5 N–H and O–H groups in total. The number of nitrogens with two attached hydrogens (primary N) is 1. The van der Waals surface area contributed by atoms with E-state index in [0.717, 1.165) is 40.1 Å². The molecule has 0 aliphatic heterocycles. The normalized spacial score (nSPS) is 11.6. The summed E-state index contributed by atoms with van der Waals surface area (Å²) < 4.78 is 77.1. The van der Waals surface area contributed by atoms with Crippen LogP contribution in [0.3, 0.4) is 0 Å². The number of aryl methyl sites for hydroxylation is 1. The first-order valence-electron chi connectivity index (χ1n) is 15.2. The van der Waals surface area contributed by atoms with Crippen LogP contribution in [-0.2, 0) is 24.1 Å². The Labute approximate surface area is 305 Å². The number of hydrogen-bond donors (Lipinski definition) is 4. The number of halogens is 8. The van der Waals surface area contributed by atoms with E-state index in [0.29, 0.717) is 28.6 Å². The Hall–Kier alpha value is -5.65. The van der Waals surface area contributed by atoms with Crippen molar-refractivity contribution in [2.24, 2.45) is 5.73 Å². The van der Waals surface area contributed by atoms with Crippen molar-refractivity contribution in [3.05, 3.63) is 138 Å².